The second-order valence-corrected chi connectivity index (χ2v) is 6.25. The number of fused-ring (bicyclic) bond motifs is 1. The van der Waals surface area contributed by atoms with Crippen molar-refractivity contribution >= 4 is 5.78 Å². The molecule has 2 aromatic rings. The number of H-pyrrole nitrogens is 1. The second kappa shape index (κ2) is 11.5. The molecule has 25 heavy (non-hydrogen) atoms. The predicted molar refractivity (Wildman–Crippen MR) is 105 cm³/mol. The van der Waals surface area contributed by atoms with Gasteiger partial charge in [-0.2, -0.15) is 0 Å². The first-order valence-electron chi connectivity index (χ1n) is 9.44. The summed E-state index contributed by atoms with van der Waals surface area (Å²) in [6, 6.07) is 8.65. The molecule has 3 heteroatoms. The lowest BCUT2D eigenvalue weighted by molar-refractivity contribution is -0.117. The normalized spacial score (nSPS) is 14.8. The highest BCUT2D eigenvalue weighted by Crippen LogP contribution is 2.36. The number of aromatic nitrogens is 1. The molecule has 0 aliphatic carbocycles. The average Bonchev–Trinajstić information content (AvgIpc) is 3.11. The summed E-state index contributed by atoms with van der Waals surface area (Å²) in [5.41, 5.74) is 4.06. The Morgan fingerprint density at radius 2 is 2.04 bits per heavy atom. The summed E-state index contributed by atoms with van der Waals surface area (Å²) in [6.07, 6.45) is 8.01. The van der Waals surface area contributed by atoms with Gasteiger partial charge in [-0.05, 0) is 62.3 Å². The Kier molecular flexibility index (Phi) is 9.68. The Morgan fingerprint density at radius 3 is 2.60 bits per heavy atom. The summed E-state index contributed by atoms with van der Waals surface area (Å²) in [5.74, 6) is 1.95. The first kappa shape index (κ1) is 21.0. The number of ketones is 1. The lowest BCUT2D eigenvalue weighted by Crippen LogP contribution is -2.16. The molecule has 0 bridgehead atoms. The zero-order chi connectivity index (χ0) is 18.7. The van der Waals surface area contributed by atoms with Crippen LogP contribution in [0, 0.1) is 6.92 Å². The number of rotatable bonds is 4. The van der Waals surface area contributed by atoms with Gasteiger partial charge in [0, 0.05) is 18.8 Å². The number of hydrogen-bond acceptors (Lipinski definition) is 2. The van der Waals surface area contributed by atoms with Crippen LogP contribution in [-0.4, -0.2) is 17.4 Å². The monoisotopic (exact) mass is 343 g/mol. The zero-order valence-electron chi connectivity index (χ0n) is 16.4. The van der Waals surface area contributed by atoms with E-state index in [1.165, 1.54) is 16.7 Å². The Labute approximate surface area is 152 Å². The standard InChI is InChI=1S/C15H17NO.C5H10O.C2H6/c1-11-2-3-15-14(8-11)13(5-7-17-15)9-12-4-6-16-10-12;1-3-4-5(2)6;1-2/h2-4,6,8,10,13,16H,5,7,9H2,1H3;3-4H2,1-2H3;1-2H3. The molecule has 1 aliphatic heterocycles. The van der Waals surface area contributed by atoms with Gasteiger partial charge in [0.05, 0.1) is 6.61 Å². The number of carbonyl (C=O) groups is 1. The van der Waals surface area contributed by atoms with E-state index in [9.17, 15) is 4.79 Å². The molecular weight excluding hydrogens is 310 g/mol. The average molecular weight is 344 g/mol. The van der Waals surface area contributed by atoms with Crippen molar-refractivity contribution in [3.63, 3.8) is 0 Å². The molecule has 0 amide bonds. The van der Waals surface area contributed by atoms with E-state index in [2.05, 4.69) is 42.4 Å². The highest BCUT2D eigenvalue weighted by molar-refractivity contribution is 5.75. The van der Waals surface area contributed by atoms with Crippen LogP contribution < -0.4 is 4.74 Å². The molecular formula is C22H33NO2. The molecule has 3 nitrogen and oxygen atoms in total. The molecule has 0 saturated carbocycles. The van der Waals surface area contributed by atoms with Gasteiger partial charge in [0.1, 0.15) is 11.5 Å². The number of hydrogen-bond donors (Lipinski definition) is 1. The highest BCUT2D eigenvalue weighted by atomic mass is 16.5. The summed E-state index contributed by atoms with van der Waals surface area (Å²) >= 11 is 0. The lowest BCUT2D eigenvalue weighted by Gasteiger charge is -2.26. The van der Waals surface area contributed by atoms with Crippen LogP contribution in [0.5, 0.6) is 5.75 Å². The molecule has 0 saturated heterocycles. The molecule has 1 unspecified atom stereocenters. The van der Waals surface area contributed by atoms with Crippen LogP contribution in [-0.2, 0) is 11.2 Å². The van der Waals surface area contributed by atoms with Crippen LogP contribution in [0.25, 0.3) is 0 Å². The van der Waals surface area contributed by atoms with Gasteiger partial charge in [-0.15, -0.1) is 0 Å². The first-order valence-corrected chi connectivity index (χ1v) is 9.44. The van der Waals surface area contributed by atoms with Crippen molar-refractivity contribution in [1.29, 1.82) is 0 Å². The summed E-state index contributed by atoms with van der Waals surface area (Å²) in [5, 5.41) is 0. The van der Waals surface area contributed by atoms with E-state index in [0.717, 1.165) is 38.0 Å². The molecule has 1 aromatic carbocycles. The van der Waals surface area contributed by atoms with Gasteiger partial charge in [-0.3, -0.25) is 0 Å². The maximum Gasteiger partial charge on any atom is 0.129 e. The van der Waals surface area contributed by atoms with Crippen LogP contribution >= 0.6 is 0 Å². The number of nitrogens with one attached hydrogen (secondary N) is 1. The first-order chi connectivity index (χ1) is 12.1. The summed E-state index contributed by atoms with van der Waals surface area (Å²) in [7, 11) is 0. The fourth-order valence-corrected chi connectivity index (χ4v) is 2.92. The summed E-state index contributed by atoms with van der Waals surface area (Å²) in [4.78, 5) is 13.2. The molecule has 2 heterocycles. The van der Waals surface area contributed by atoms with Crippen LogP contribution in [0.15, 0.2) is 36.7 Å². The minimum atomic E-state index is 0.289. The second-order valence-electron chi connectivity index (χ2n) is 6.25. The molecule has 0 fully saturated rings. The smallest absolute Gasteiger partial charge is 0.129 e. The van der Waals surface area contributed by atoms with Crippen molar-refractivity contribution in [3.05, 3.63) is 53.3 Å². The number of benzene rings is 1. The van der Waals surface area contributed by atoms with Gasteiger partial charge < -0.3 is 14.5 Å². The molecule has 1 aliphatic rings. The number of aromatic amines is 1. The van der Waals surface area contributed by atoms with Gasteiger partial charge >= 0.3 is 0 Å². The zero-order valence-corrected chi connectivity index (χ0v) is 16.4. The van der Waals surface area contributed by atoms with Crippen LogP contribution in [0.4, 0.5) is 0 Å². The largest absolute Gasteiger partial charge is 0.493 e. The van der Waals surface area contributed by atoms with Crippen molar-refractivity contribution in [3.8, 4) is 5.75 Å². The number of Topliss-reactive ketones (excluding diaryl/α,β-unsaturated/α-hetero) is 1. The SMILES string of the molecule is CC.CCCC(C)=O.Cc1ccc2c(c1)C(Cc1cc[nH]c1)CCO2. The maximum atomic E-state index is 10.0. The van der Waals surface area contributed by atoms with E-state index in [1.54, 1.807) is 6.92 Å². The van der Waals surface area contributed by atoms with Crippen molar-refractivity contribution in [2.75, 3.05) is 6.61 Å². The van der Waals surface area contributed by atoms with E-state index in [-0.39, 0.29) is 5.78 Å². The molecule has 1 aromatic heterocycles. The van der Waals surface area contributed by atoms with E-state index in [0.29, 0.717) is 5.92 Å². The lowest BCUT2D eigenvalue weighted by atomic mass is 9.87. The summed E-state index contributed by atoms with van der Waals surface area (Å²) in [6.45, 7) is 10.6. The van der Waals surface area contributed by atoms with E-state index in [4.69, 9.17) is 4.74 Å². The topological polar surface area (TPSA) is 42.1 Å². The van der Waals surface area contributed by atoms with Crippen LogP contribution in [0.2, 0.25) is 0 Å². The number of aryl methyl sites for hydroxylation is 1. The highest BCUT2D eigenvalue weighted by Gasteiger charge is 2.21. The molecule has 1 atom stereocenters. The third-order valence-corrected chi connectivity index (χ3v) is 4.08. The van der Waals surface area contributed by atoms with Gasteiger partial charge in [0.25, 0.3) is 0 Å². The third-order valence-electron chi connectivity index (χ3n) is 4.08. The number of carbonyl (C=O) groups excluding carboxylic acids is 1. The maximum absolute atomic E-state index is 10.0. The third kappa shape index (κ3) is 7.16. The van der Waals surface area contributed by atoms with Crippen molar-refractivity contribution in [2.24, 2.45) is 0 Å². The molecule has 1 N–H and O–H groups in total. The Balaban J connectivity index is 0.000000335. The molecule has 3 rings (SSSR count). The van der Waals surface area contributed by atoms with Gasteiger partial charge in [-0.25, -0.2) is 0 Å². The minimum absolute atomic E-state index is 0.289. The van der Waals surface area contributed by atoms with E-state index in [1.807, 2.05) is 27.0 Å². The van der Waals surface area contributed by atoms with Crippen molar-refractivity contribution in [2.45, 2.75) is 66.2 Å². The molecule has 138 valence electrons. The predicted octanol–water partition coefficient (Wildman–Crippen LogP) is 5.83. The summed E-state index contributed by atoms with van der Waals surface area (Å²) < 4.78 is 5.72. The fraction of sp³-hybridized carbons (Fsp3) is 0.500. The Morgan fingerprint density at radius 1 is 1.28 bits per heavy atom. The fourth-order valence-electron chi connectivity index (χ4n) is 2.92. The van der Waals surface area contributed by atoms with Gasteiger partial charge in [0.2, 0.25) is 0 Å². The van der Waals surface area contributed by atoms with Crippen molar-refractivity contribution in [1.82, 2.24) is 4.98 Å². The molecule has 0 spiro atoms. The quantitative estimate of drug-likeness (QED) is 0.758. The number of ether oxygens (including phenoxy) is 1. The molecule has 0 radical (unpaired) electrons. The van der Waals surface area contributed by atoms with Crippen molar-refractivity contribution < 1.29 is 9.53 Å². The van der Waals surface area contributed by atoms with Gasteiger partial charge in [-0.1, -0.05) is 38.5 Å². The minimum Gasteiger partial charge on any atom is -0.493 e. The van der Waals surface area contributed by atoms with E-state index < -0.39 is 0 Å². The van der Waals surface area contributed by atoms with Crippen LogP contribution in [0.3, 0.4) is 0 Å². The van der Waals surface area contributed by atoms with E-state index >= 15 is 0 Å². The Bertz CT molecular complexity index is 617. The Hall–Kier alpha value is -2.03. The van der Waals surface area contributed by atoms with Gasteiger partial charge in [0.15, 0.2) is 0 Å². The van der Waals surface area contributed by atoms with Crippen LogP contribution in [0.1, 0.15) is 69.6 Å².